The van der Waals surface area contributed by atoms with Gasteiger partial charge in [-0.2, -0.15) is 0 Å². The van der Waals surface area contributed by atoms with E-state index in [2.05, 4.69) is 15.8 Å². The molecule has 0 bridgehead atoms. The molecule has 1 fully saturated rings. The molecule has 0 spiro atoms. The van der Waals surface area contributed by atoms with Gasteiger partial charge in [0.1, 0.15) is 12.1 Å². The number of alkyl carbamates (subject to hydrolysis) is 1. The maximum Gasteiger partial charge on any atom is 0.407 e. The number of likely N-dealkylation sites (tertiary alicyclic amines) is 1. The summed E-state index contributed by atoms with van der Waals surface area (Å²) >= 11 is 0. The Morgan fingerprint density at radius 1 is 1.27 bits per heavy atom. The molecule has 0 saturated carbocycles. The number of carbonyl (C=O) groups is 3. The molecule has 2 atom stereocenters. The average Bonchev–Trinajstić information content (AvgIpc) is 3.25. The summed E-state index contributed by atoms with van der Waals surface area (Å²) in [6.07, 6.45) is 1.04. The van der Waals surface area contributed by atoms with Crippen molar-refractivity contribution in [3.63, 3.8) is 0 Å². The molecule has 1 aromatic rings. The van der Waals surface area contributed by atoms with Crippen molar-refractivity contribution in [2.75, 3.05) is 13.2 Å². The van der Waals surface area contributed by atoms with Crippen molar-refractivity contribution in [2.24, 2.45) is 16.3 Å². The molecule has 0 radical (unpaired) electrons. The van der Waals surface area contributed by atoms with Crippen LogP contribution in [0.15, 0.2) is 29.4 Å². The monoisotopic (exact) mass is 461 g/mol. The zero-order valence-corrected chi connectivity index (χ0v) is 19.8. The van der Waals surface area contributed by atoms with Crippen LogP contribution in [0.1, 0.15) is 58.1 Å². The minimum absolute atomic E-state index is 0.00642. The first-order chi connectivity index (χ1) is 15.6. The van der Waals surface area contributed by atoms with Crippen molar-refractivity contribution in [1.29, 1.82) is 0 Å². The molecule has 0 unspecified atom stereocenters. The van der Waals surface area contributed by atoms with E-state index in [4.69, 9.17) is 15.7 Å². The highest BCUT2D eigenvalue weighted by Gasteiger charge is 2.38. The highest BCUT2D eigenvalue weighted by Crippen LogP contribution is 2.25. The lowest BCUT2D eigenvalue weighted by molar-refractivity contribution is -0.140. The van der Waals surface area contributed by atoms with Gasteiger partial charge in [0.25, 0.3) is 0 Å². The number of hydrogen-bond acceptors (Lipinski definition) is 6. The summed E-state index contributed by atoms with van der Waals surface area (Å²) in [4.78, 5) is 39.8. The van der Waals surface area contributed by atoms with Gasteiger partial charge in [-0.25, -0.2) is 4.79 Å². The second kappa shape index (κ2) is 11.5. The lowest BCUT2D eigenvalue weighted by Gasteiger charge is -2.31. The quantitative estimate of drug-likeness (QED) is 0.201. The Bertz CT molecular complexity index is 863. The number of oxime groups is 1. The zero-order chi connectivity index (χ0) is 24.6. The van der Waals surface area contributed by atoms with Crippen molar-refractivity contribution in [3.8, 4) is 0 Å². The van der Waals surface area contributed by atoms with Crippen molar-refractivity contribution < 1.29 is 24.3 Å². The molecule has 33 heavy (non-hydrogen) atoms. The van der Waals surface area contributed by atoms with Gasteiger partial charge in [0, 0.05) is 18.7 Å². The number of carbonyl (C=O) groups excluding carboxylic acids is 3. The largest absolute Gasteiger partial charge is 0.450 e. The Balaban J connectivity index is 2.04. The first kappa shape index (κ1) is 26.0. The third kappa shape index (κ3) is 7.65. The van der Waals surface area contributed by atoms with Gasteiger partial charge in [0.15, 0.2) is 5.84 Å². The average molecular weight is 462 g/mol. The molecule has 1 aliphatic rings. The summed E-state index contributed by atoms with van der Waals surface area (Å²) in [7, 11) is 0. The van der Waals surface area contributed by atoms with Crippen LogP contribution in [-0.2, 0) is 20.9 Å². The summed E-state index contributed by atoms with van der Waals surface area (Å²) in [6.45, 7) is 8.59. The van der Waals surface area contributed by atoms with E-state index in [0.29, 0.717) is 31.4 Å². The number of benzene rings is 1. The number of hydrogen-bond donors (Lipinski definition) is 4. The molecule has 1 heterocycles. The van der Waals surface area contributed by atoms with E-state index in [1.807, 2.05) is 20.8 Å². The van der Waals surface area contributed by atoms with Gasteiger partial charge in [-0.1, -0.05) is 50.2 Å². The van der Waals surface area contributed by atoms with E-state index in [-0.39, 0.29) is 36.2 Å². The van der Waals surface area contributed by atoms with Crippen LogP contribution in [0.25, 0.3) is 0 Å². The molecular formula is C23H35N5O5. The fraction of sp³-hybridized carbons (Fsp3) is 0.565. The van der Waals surface area contributed by atoms with Crippen LogP contribution in [0.2, 0.25) is 0 Å². The number of amides is 3. The molecule has 182 valence electrons. The fourth-order valence-electron chi connectivity index (χ4n) is 3.79. The molecule has 5 N–H and O–H groups in total. The van der Waals surface area contributed by atoms with Crippen LogP contribution in [0.4, 0.5) is 4.79 Å². The van der Waals surface area contributed by atoms with Gasteiger partial charge in [-0.15, -0.1) is 0 Å². The number of nitrogens with zero attached hydrogens (tertiary/aromatic N) is 2. The van der Waals surface area contributed by atoms with Crippen LogP contribution in [0.3, 0.4) is 0 Å². The summed E-state index contributed by atoms with van der Waals surface area (Å²) in [5.74, 6) is -0.516. The van der Waals surface area contributed by atoms with Crippen molar-refractivity contribution >= 4 is 23.7 Å². The first-order valence-corrected chi connectivity index (χ1v) is 11.1. The molecule has 10 nitrogen and oxygen atoms in total. The van der Waals surface area contributed by atoms with Crippen LogP contribution < -0.4 is 16.4 Å². The Morgan fingerprint density at radius 2 is 1.94 bits per heavy atom. The third-order valence-corrected chi connectivity index (χ3v) is 5.34. The normalized spacial score (nSPS) is 17.4. The summed E-state index contributed by atoms with van der Waals surface area (Å²) in [5.41, 5.74) is 6.75. The topological polar surface area (TPSA) is 146 Å². The van der Waals surface area contributed by atoms with Gasteiger partial charge < -0.3 is 31.2 Å². The number of nitrogens with two attached hydrogens (primary N) is 1. The predicted molar refractivity (Wildman–Crippen MR) is 124 cm³/mol. The SMILES string of the molecule is CCOC(=O)N[C@H](CC(C)(C)C)C(=O)N1CCC[C@H]1C(=O)NCc1ccc(C(N)=NO)cc1. The highest BCUT2D eigenvalue weighted by atomic mass is 16.5. The molecule has 10 heteroatoms. The lowest BCUT2D eigenvalue weighted by atomic mass is 9.87. The van der Waals surface area contributed by atoms with E-state index < -0.39 is 18.2 Å². The van der Waals surface area contributed by atoms with Gasteiger partial charge in [-0.05, 0) is 37.2 Å². The van der Waals surface area contributed by atoms with Crippen LogP contribution in [0.5, 0.6) is 0 Å². The van der Waals surface area contributed by atoms with Crippen LogP contribution >= 0.6 is 0 Å². The van der Waals surface area contributed by atoms with E-state index in [1.54, 1.807) is 36.1 Å². The van der Waals surface area contributed by atoms with E-state index in [1.165, 1.54) is 0 Å². The lowest BCUT2D eigenvalue weighted by Crippen LogP contribution is -2.54. The summed E-state index contributed by atoms with van der Waals surface area (Å²) in [6, 6.07) is 5.56. The molecular weight excluding hydrogens is 426 g/mol. The maximum absolute atomic E-state index is 13.3. The van der Waals surface area contributed by atoms with Gasteiger partial charge >= 0.3 is 6.09 Å². The Kier molecular flexibility index (Phi) is 9.07. The Hall–Kier alpha value is -3.30. The van der Waals surface area contributed by atoms with E-state index in [9.17, 15) is 14.4 Å². The highest BCUT2D eigenvalue weighted by molar-refractivity contribution is 5.97. The minimum Gasteiger partial charge on any atom is -0.450 e. The molecule has 0 aliphatic carbocycles. The smallest absolute Gasteiger partial charge is 0.407 e. The van der Waals surface area contributed by atoms with Crippen molar-refractivity contribution in [2.45, 2.75) is 65.6 Å². The zero-order valence-electron chi connectivity index (χ0n) is 19.8. The first-order valence-electron chi connectivity index (χ1n) is 11.1. The number of nitrogens with one attached hydrogen (secondary N) is 2. The molecule has 0 aromatic heterocycles. The molecule has 1 saturated heterocycles. The summed E-state index contributed by atoms with van der Waals surface area (Å²) < 4.78 is 4.96. The molecule has 1 aliphatic heterocycles. The third-order valence-electron chi connectivity index (χ3n) is 5.34. The van der Waals surface area contributed by atoms with Crippen molar-refractivity contribution in [1.82, 2.24) is 15.5 Å². The Labute approximate surface area is 194 Å². The minimum atomic E-state index is -0.774. The van der Waals surface area contributed by atoms with E-state index >= 15 is 0 Å². The van der Waals surface area contributed by atoms with Crippen LogP contribution in [0, 0.1) is 5.41 Å². The van der Waals surface area contributed by atoms with Gasteiger partial charge in [0.2, 0.25) is 11.8 Å². The second-order valence-electron chi connectivity index (χ2n) is 9.27. The molecule has 2 rings (SSSR count). The van der Waals surface area contributed by atoms with E-state index in [0.717, 1.165) is 5.56 Å². The molecule has 1 aromatic carbocycles. The fourth-order valence-corrected chi connectivity index (χ4v) is 3.79. The molecule has 3 amide bonds. The van der Waals surface area contributed by atoms with Crippen LogP contribution in [-0.4, -0.2) is 59.1 Å². The maximum atomic E-state index is 13.3. The standard InChI is InChI=1S/C23H35N5O5/c1-5-33-22(31)26-17(13-23(2,3)4)21(30)28-12-6-7-18(28)20(29)25-14-15-8-10-16(11-9-15)19(24)27-32/h8-11,17-18,32H,5-7,12-14H2,1-4H3,(H2,24,27)(H,25,29)(H,26,31)/t17-,18+/m1/s1. The van der Waals surface area contributed by atoms with Crippen molar-refractivity contribution in [3.05, 3.63) is 35.4 Å². The predicted octanol–water partition coefficient (Wildman–Crippen LogP) is 1.94. The Morgan fingerprint density at radius 3 is 2.52 bits per heavy atom. The van der Waals surface area contributed by atoms with Gasteiger partial charge in [0.05, 0.1) is 6.61 Å². The number of ether oxygens (including phenoxy) is 1. The summed E-state index contributed by atoms with van der Waals surface area (Å²) in [5, 5.41) is 17.2. The van der Waals surface area contributed by atoms with Gasteiger partial charge in [-0.3, -0.25) is 9.59 Å². The second-order valence-corrected chi connectivity index (χ2v) is 9.27. The number of amidine groups is 1. The number of rotatable bonds is 8.